The number of nitrogen functional groups attached to an aromatic ring is 1. The minimum absolute atomic E-state index is 0.000500. The van der Waals surface area contributed by atoms with Crippen LogP contribution in [0.3, 0.4) is 0 Å². The maximum absolute atomic E-state index is 6.05. The molecule has 2 saturated heterocycles. The topological polar surface area (TPSA) is 116 Å². The van der Waals surface area contributed by atoms with Gasteiger partial charge in [-0.15, -0.1) is 0 Å². The Bertz CT molecular complexity index is 813. The minimum atomic E-state index is -1.58. The van der Waals surface area contributed by atoms with Gasteiger partial charge < -0.3 is 29.2 Å². The third-order valence-electron chi connectivity index (χ3n) is 4.05. The normalized spacial score (nSPS) is 31.2. The van der Waals surface area contributed by atoms with Crippen LogP contribution >= 0.6 is 40.9 Å². The summed E-state index contributed by atoms with van der Waals surface area (Å²) in [6, 6.07) is 0. The first-order valence-corrected chi connectivity index (χ1v) is 10.8. The van der Waals surface area contributed by atoms with Crippen molar-refractivity contribution in [2.75, 3.05) is 19.5 Å². The summed E-state index contributed by atoms with van der Waals surface area (Å²) in [5.41, 5.74) is 6.67. The fourth-order valence-corrected chi connectivity index (χ4v) is 3.77. The molecule has 142 valence electrons. The van der Waals surface area contributed by atoms with Gasteiger partial charge in [-0.05, 0) is 34.1 Å². The van der Waals surface area contributed by atoms with Crippen molar-refractivity contribution < 1.29 is 23.5 Å². The van der Waals surface area contributed by atoms with E-state index in [2.05, 4.69) is 15.0 Å². The van der Waals surface area contributed by atoms with Gasteiger partial charge in [0.15, 0.2) is 17.7 Å². The van der Waals surface area contributed by atoms with Crippen LogP contribution in [0.2, 0.25) is 5.28 Å². The number of ether oxygens (including phenoxy) is 4. The van der Waals surface area contributed by atoms with Crippen molar-refractivity contribution in [1.82, 2.24) is 19.5 Å². The number of fused-ring (bicyclic) bond motifs is 2. The average Bonchev–Trinajstić information content (AvgIpc) is 3.25. The quantitative estimate of drug-likeness (QED) is 0.548. The van der Waals surface area contributed by atoms with Gasteiger partial charge in [0.05, 0.1) is 12.9 Å². The third-order valence-corrected chi connectivity index (χ3v) is 5.14. The van der Waals surface area contributed by atoms with Gasteiger partial charge in [-0.3, -0.25) is 4.57 Å². The van der Waals surface area contributed by atoms with Crippen molar-refractivity contribution in [2.45, 2.75) is 31.0 Å². The van der Waals surface area contributed by atoms with Gasteiger partial charge >= 0.3 is 0 Å². The van der Waals surface area contributed by atoms with Crippen LogP contribution in [-0.2, 0) is 23.5 Å². The van der Waals surface area contributed by atoms with E-state index in [0.717, 1.165) is 0 Å². The molecule has 2 aliphatic rings. The molecule has 2 fully saturated rings. The van der Waals surface area contributed by atoms with Crippen LogP contribution in [0, 0.1) is 0 Å². The molecular weight excluding hydrogens is 431 g/mol. The summed E-state index contributed by atoms with van der Waals surface area (Å²) >= 11 is 17.3. The van der Waals surface area contributed by atoms with Crippen molar-refractivity contribution in [3.8, 4) is 0 Å². The molecule has 26 heavy (non-hydrogen) atoms. The second-order valence-electron chi connectivity index (χ2n) is 5.49. The number of imidazole rings is 1. The molecule has 0 amide bonds. The zero-order valence-corrected chi connectivity index (χ0v) is 16.3. The predicted octanol–water partition coefficient (Wildman–Crippen LogP) is 2.39. The van der Waals surface area contributed by atoms with Crippen LogP contribution in [0.5, 0.6) is 0 Å². The molecule has 2 aromatic rings. The second-order valence-corrected chi connectivity index (χ2v) is 8.85. The zero-order chi connectivity index (χ0) is 18.4. The van der Waals surface area contributed by atoms with E-state index in [0.29, 0.717) is 11.2 Å². The van der Waals surface area contributed by atoms with Crippen molar-refractivity contribution in [1.29, 1.82) is 0 Å². The van der Waals surface area contributed by atoms with Crippen LogP contribution < -0.4 is 5.73 Å². The van der Waals surface area contributed by atoms with Crippen LogP contribution in [0.4, 0.5) is 5.82 Å². The summed E-state index contributed by atoms with van der Waals surface area (Å²) in [4.78, 5) is 12.3. The van der Waals surface area contributed by atoms with E-state index >= 15 is 0 Å². The monoisotopic (exact) mass is 443 g/mol. The first kappa shape index (κ1) is 18.8. The number of nitrogens with two attached hydrogens (primary N) is 1. The average molecular weight is 445 g/mol. The van der Waals surface area contributed by atoms with E-state index in [4.69, 9.17) is 63.3 Å². The predicted molar refractivity (Wildman–Crippen MR) is 93.8 cm³/mol. The first-order chi connectivity index (χ1) is 12.5. The molecule has 1 unspecified atom stereocenters. The van der Waals surface area contributed by atoms with E-state index in [1.807, 2.05) is 0 Å². The molecule has 4 heterocycles. The van der Waals surface area contributed by atoms with E-state index in [1.54, 1.807) is 4.57 Å². The van der Waals surface area contributed by atoms with Gasteiger partial charge in [0, 0.05) is 7.11 Å². The molecular formula is C12H13Cl3N5O5P. The first-order valence-electron chi connectivity index (χ1n) is 7.37. The Morgan fingerprint density at radius 1 is 1.27 bits per heavy atom. The van der Waals surface area contributed by atoms with Gasteiger partial charge in [-0.1, -0.05) is 0 Å². The third kappa shape index (κ3) is 3.34. The molecule has 14 heteroatoms. The van der Waals surface area contributed by atoms with Gasteiger partial charge in [-0.25, -0.2) is 4.98 Å². The lowest BCUT2D eigenvalue weighted by Crippen LogP contribution is -2.31. The largest absolute Gasteiger partial charge is 0.382 e. The van der Waals surface area contributed by atoms with Crippen LogP contribution in [0.15, 0.2) is 6.33 Å². The molecule has 0 saturated carbocycles. The van der Waals surface area contributed by atoms with Crippen LogP contribution in [-0.4, -0.2) is 58.0 Å². The molecule has 0 aromatic carbocycles. The zero-order valence-electron chi connectivity index (χ0n) is 13.2. The standard InChI is InChI=1S/C12H13Cl3N5O5P/c1-21-12-24-6-4(2-22-26(14)15)23-10(7(6)25-12)20-3-17-5-8(16)18-11(13)19-9(5)20/h3-4,6-7,10,12H,2H2,1H3,(H2,16,18,19)/t4-,6-,7-,10-,12?/m1/s1. The lowest BCUT2D eigenvalue weighted by atomic mass is 10.1. The highest BCUT2D eigenvalue weighted by molar-refractivity contribution is 8.00. The number of anilines is 1. The Morgan fingerprint density at radius 3 is 2.77 bits per heavy atom. The van der Waals surface area contributed by atoms with Crippen molar-refractivity contribution in [2.24, 2.45) is 0 Å². The van der Waals surface area contributed by atoms with Crippen LogP contribution in [0.1, 0.15) is 6.23 Å². The van der Waals surface area contributed by atoms with E-state index < -0.39 is 37.9 Å². The van der Waals surface area contributed by atoms with E-state index in [-0.39, 0.29) is 17.7 Å². The number of methoxy groups -OCH3 is 1. The molecule has 0 bridgehead atoms. The number of nitrogens with zero attached hydrogens (tertiary/aromatic N) is 4. The van der Waals surface area contributed by atoms with Gasteiger partial charge in [0.25, 0.3) is 6.48 Å². The Balaban J connectivity index is 1.67. The van der Waals surface area contributed by atoms with Crippen molar-refractivity contribution >= 4 is 57.9 Å². The summed E-state index contributed by atoms with van der Waals surface area (Å²) < 4.78 is 29.6. The molecule has 0 radical (unpaired) electrons. The molecule has 0 aliphatic carbocycles. The van der Waals surface area contributed by atoms with Gasteiger partial charge in [0.1, 0.15) is 23.8 Å². The Hall–Kier alpha value is -0.550. The minimum Gasteiger partial charge on any atom is -0.382 e. The molecule has 4 rings (SSSR count). The lowest BCUT2D eigenvalue weighted by Gasteiger charge is -2.20. The maximum atomic E-state index is 6.05. The number of hydrogen-bond donors (Lipinski definition) is 1. The summed E-state index contributed by atoms with van der Waals surface area (Å²) in [5.74, 6) is 0.168. The maximum Gasteiger partial charge on any atom is 0.272 e. The molecule has 0 spiro atoms. The lowest BCUT2D eigenvalue weighted by molar-refractivity contribution is -0.256. The highest BCUT2D eigenvalue weighted by Gasteiger charge is 2.54. The van der Waals surface area contributed by atoms with E-state index in [9.17, 15) is 0 Å². The summed E-state index contributed by atoms with van der Waals surface area (Å²) in [6.45, 7) is -2.28. The molecule has 10 nitrogen and oxygen atoms in total. The second kappa shape index (κ2) is 7.46. The number of hydrogen-bond acceptors (Lipinski definition) is 9. The Labute approximate surface area is 163 Å². The Morgan fingerprint density at radius 2 is 2.04 bits per heavy atom. The van der Waals surface area contributed by atoms with Crippen molar-refractivity contribution in [3.05, 3.63) is 11.6 Å². The summed E-state index contributed by atoms with van der Waals surface area (Å²) in [5, 5.41) is -0.000500. The number of halogens is 3. The molecule has 2 aromatic heterocycles. The van der Waals surface area contributed by atoms with E-state index in [1.165, 1.54) is 13.4 Å². The number of aromatic nitrogens is 4. The SMILES string of the molecule is COC1O[C@@H]2[C@H](O1)[C@@H](COP(Cl)Cl)O[C@H]2n1cnc2c(N)nc(Cl)nc21. The number of rotatable bonds is 5. The highest BCUT2D eigenvalue weighted by atomic mass is 35.9. The summed E-state index contributed by atoms with van der Waals surface area (Å²) in [7, 11) is 1.48. The van der Waals surface area contributed by atoms with Gasteiger partial charge in [0.2, 0.25) is 12.1 Å². The fraction of sp³-hybridized carbons (Fsp3) is 0.583. The fourth-order valence-electron chi connectivity index (χ4n) is 3.00. The van der Waals surface area contributed by atoms with Crippen LogP contribution in [0.25, 0.3) is 11.2 Å². The molecule has 2 N–H and O–H groups in total. The Kier molecular flexibility index (Phi) is 5.39. The highest BCUT2D eigenvalue weighted by Crippen LogP contribution is 2.49. The molecule has 5 atom stereocenters. The summed E-state index contributed by atoms with van der Waals surface area (Å²) in [6.07, 6.45) is -0.546. The smallest absolute Gasteiger partial charge is 0.272 e. The van der Waals surface area contributed by atoms with Crippen molar-refractivity contribution in [3.63, 3.8) is 0 Å². The van der Waals surface area contributed by atoms with Gasteiger partial charge in [-0.2, -0.15) is 9.97 Å². The molecule has 2 aliphatic heterocycles.